The maximum atomic E-state index is 12.2. The lowest BCUT2D eigenvalue weighted by Crippen LogP contribution is -2.28. The first kappa shape index (κ1) is 17.5. The van der Waals surface area contributed by atoms with E-state index < -0.39 is 0 Å². The number of hydrogen-bond acceptors (Lipinski definition) is 6. The van der Waals surface area contributed by atoms with Crippen molar-refractivity contribution in [3.8, 4) is 0 Å². The van der Waals surface area contributed by atoms with Gasteiger partial charge in [-0.05, 0) is 47.2 Å². The summed E-state index contributed by atoms with van der Waals surface area (Å²) in [7, 11) is 0. The van der Waals surface area contributed by atoms with Crippen molar-refractivity contribution in [1.29, 1.82) is 0 Å². The van der Waals surface area contributed by atoms with Crippen LogP contribution in [-0.4, -0.2) is 31.9 Å². The lowest BCUT2D eigenvalue weighted by Gasteiger charge is -2.14. The molecule has 7 nitrogen and oxygen atoms in total. The number of hydrogen-bond donors (Lipinski definition) is 1. The van der Waals surface area contributed by atoms with E-state index in [4.69, 9.17) is 16.0 Å². The van der Waals surface area contributed by atoms with E-state index in [0.29, 0.717) is 16.7 Å². The fraction of sp³-hybridized carbons (Fsp3) is 0.250. The summed E-state index contributed by atoms with van der Waals surface area (Å²) in [5, 5.41) is 15.6. The Balaban J connectivity index is 1.53. The molecule has 1 N–H and O–H groups in total. The van der Waals surface area contributed by atoms with Gasteiger partial charge in [0.1, 0.15) is 12.3 Å². The first-order valence-corrected chi connectivity index (χ1v) is 8.94. The fourth-order valence-electron chi connectivity index (χ4n) is 2.22. The third-order valence-corrected chi connectivity index (χ3v) is 4.64. The van der Waals surface area contributed by atoms with Crippen molar-refractivity contribution in [2.24, 2.45) is 0 Å². The van der Waals surface area contributed by atoms with E-state index in [9.17, 15) is 4.79 Å². The SMILES string of the molecule is CC(NC(=O)CSc1nnnn1Cc1ccco1)c1cccc(Cl)c1. The smallest absolute Gasteiger partial charge is 0.230 e. The molecule has 2 heterocycles. The molecule has 0 radical (unpaired) electrons. The number of rotatable bonds is 7. The molecule has 0 aliphatic heterocycles. The molecule has 0 saturated heterocycles. The third kappa shape index (κ3) is 4.83. The molecule has 0 bridgehead atoms. The van der Waals surface area contributed by atoms with Crippen LogP contribution in [0.1, 0.15) is 24.3 Å². The Bertz CT molecular complexity index is 837. The normalized spacial score (nSPS) is 12.1. The van der Waals surface area contributed by atoms with Crippen LogP contribution in [0, 0.1) is 0 Å². The number of tetrazole rings is 1. The zero-order chi connectivity index (χ0) is 17.6. The summed E-state index contributed by atoms with van der Waals surface area (Å²) in [5.74, 6) is 0.849. The fourth-order valence-corrected chi connectivity index (χ4v) is 3.11. The first-order chi connectivity index (χ1) is 12.1. The summed E-state index contributed by atoms with van der Waals surface area (Å²) in [6.07, 6.45) is 1.59. The second-order valence-electron chi connectivity index (χ2n) is 5.33. The summed E-state index contributed by atoms with van der Waals surface area (Å²) >= 11 is 7.25. The standard InChI is InChI=1S/C16H16ClN5O2S/c1-11(12-4-2-5-13(17)8-12)18-15(23)10-25-16-19-20-21-22(16)9-14-6-3-7-24-14/h2-8,11H,9-10H2,1H3,(H,18,23). The Kier molecular flexibility index (Phi) is 5.72. The number of aromatic nitrogens is 4. The first-order valence-electron chi connectivity index (χ1n) is 7.58. The zero-order valence-corrected chi connectivity index (χ0v) is 15.0. The van der Waals surface area contributed by atoms with E-state index in [1.165, 1.54) is 11.8 Å². The quantitative estimate of drug-likeness (QED) is 0.637. The number of thioether (sulfide) groups is 1. The molecule has 0 aliphatic rings. The summed E-state index contributed by atoms with van der Waals surface area (Å²) in [5.41, 5.74) is 0.952. The Morgan fingerprint density at radius 2 is 2.28 bits per heavy atom. The molecule has 0 saturated carbocycles. The van der Waals surface area contributed by atoms with Gasteiger partial charge in [-0.15, -0.1) is 5.10 Å². The molecular weight excluding hydrogens is 362 g/mol. The molecule has 1 amide bonds. The van der Waals surface area contributed by atoms with Gasteiger partial charge in [-0.3, -0.25) is 4.79 Å². The monoisotopic (exact) mass is 377 g/mol. The zero-order valence-electron chi connectivity index (χ0n) is 13.4. The Hall–Kier alpha value is -2.32. The molecule has 9 heteroatoms. The number of halogens is 1. The van der Waals surface area contributed by atoms with Crippen LogP contribution in [0.2, 0.25) is 5.02 Å². The Morgan fingerprint density at radius 1 is 1.40 bits per heavy atom. The number of amides is 1. The van der Waals surface area contributed by atoms with E-state index in [1.54, 1.807) is 23.1 Å². The molecular formula is C16H16ClN5O2S. The van der Waals surface area contributed by atoms with Crippen LogP contribution < -0.4 is 5.32 Å². The van der Waals surface area contributed by atoms with E-state index in [-0.39, 0.29) is 17.7 Å². The highest BCUT2D eigenvalue weighted by molar-refractivity contribution is 7.99. The van der Waals surface area contributed by atoms with Crippen molar-refractivity contribution in [3.63, 3.8) is 0 Å². The van der Waals surface area contributed by atoms with Crippen LogP contribution in [-0.2, 0) is 11.3 Å². The summed E-state index contributed by atoms with van der Waals surface area (Å²) in [4.78, 5) is 12.2. The molecule has 0 spiro atoms. The van der Waals surface area contributed by atoms with Crippen molar-refractivity contribution >= 4 is 29.3 Å². The van der Waals surface area contributed by atoms with E-state index in [1.807, 2.05) is 31.2 Å². The molecule has 3 aromatic rings. The molecule has 2 aromatic heterocycles. The maximum Gasteiger partial charge on any atom is 0.230 e. The van der Waals surface area contributed by atoms with Gasteiger partial charge < -0.3 is 9.73 Å². The highest BCUT2D eigenvalue weighted by Crippen LogP contribution is 2.19. The molecule has 25 heavy (non-hydrogen) atoms. The number of benzene rings is 1. The van der Waals surface area contributed by atoms with Crippen LogP contribution >= 0.6 is 23.4 Å². The largest absolute Gasteiger partial charge is 0.467 e. The minimum atomic E-state index is -0.133. The summed E-state index contributed by atoms with van der Waals surface area (Å²) < 4.78 is 6.88. The van der Waals surface area contributed by atoms with Gasteiger partial charge in [0.05, 0.1) is 18.1 Å². The number of nitrogens with one attached hydrogen (secondary N) is 1. The van der Waals surface area contributed by atoms with Gasteiger partial charge in [0.15, 0.2) is 0 Å². The molecule has 0 fully saturated rings. The lowest BCUT2D eigenvalue weighted by atomic mass is 10.1. The number of nitrogens with zero attached hydrogens (tertiary/aromatic N) is 4. The van der Waals surface area contributed by atoms with Gasteiger partial charge in [-0.2, -0.15) is 0 Å². The summed E-state index contributed by atoms with van der Waals surface area (Å²) in [6.45, 7) is 2.33. The van der Waals surface area contributed by atoms with Gasteiger partial charge in [0.25, 0.3) is 0 Å². The van der Waals surface area contributed by atoms with Crippen molar-refractivity contribution < 1.29 is 9.21 Å². The van der Waals surface area contributed by atoms with Gasteiger partial charge in [0, 0.05) is 5.02 Å². The molecule has 1 unspecified atom stereocenters. The van der Waals surface area contributed by atoms with Crippen molar-refractivity contribution in [2.45, 2.75) is 24.7 Å². The molecule has 1 aromatic carbocycles. The van der Waals surface area contributed by atoms with Crippen LogP contribution in [0.25, 0.3) is 0 Å². The molecule has 130 valence electrons. The van der Waals surface area contributed by atoms with Crippen molar-refractivity contribution in [1.82, 2.24) is 25.5 Å². The van der Waals surface area contributed by atoms with Gasteiger partial charge in [-0.1, -0.05) is 35.5 Å². The summed E-state index contributed by atoms with van der Waals surface area (Å²) in [6, 6.07) is 10.9. The average Bonchev–Trinajstić information content (AvgIpc) is 3.25. The van der Waals surface area contributed by atoms with Gasteiger partial charge in [-0.25, -0.2) is 4.68 Å². The van der Waals surface area contributed by atoms with Crippen LogP contribution in [0.15, 0.2) is 52.2 Å². The topological polar surface area (TPSA) is 85.8 Å². The predicted octanol–water partition coefficient (Wildman–Crippen LogP) is 2.94. The second kappa shape index (κ2) is 8.17. The Morgan fingerprint density at radius 3 is 3.04 bits per heavy atom. The minimum Gasteiger partial charge on any atom is -0.467 e. The number of carbonyl (C=O) groups excluding carboxylic acids is 1. The lowest BCUT2D eigenvalue weighted by molar-refractivity contribution is -0.119. The van der Waals surface area contributed by atoms with Crippen LogP contribution in [0.4, 0.5) is 0 Å². The van der Waals surface area contributed by atoms with E-state index in [2.05, 4.69) is 20.8 Å². The number of carbonyl (C=O) groups is 1. The van der Waals surface area contributed by atoms with E-state index in [0.717, 1.165) is 11.3 Å². The molecule has 3 rings (SSSR count). The average molecular weight is 378 g/mol. The Labute approximate surface area is 153 Å². The van der Waals surface area contributed by atoms with Gasteiger partial charge in [0.2, 0.25) is 11.1 Å². The highest BCUT2D eigenvalue weighted by atomic mass is 35.5. The highest BCUT2D eigenvalue weighted by Gasteiger charge is 2.14. The maximum absolute atomic E-state index is 12.2. The second-order valence-corrected chi connectivity index (χ2v) is 6.71. The van der Waals surface area contributed by atoms with Crippen LogP contribution in [0.3, 0.4) is 0 Å². The minimum absolute atomic E-state index is 0.106. The molecule has 1 atom stereocenters. The molecule has 0 aliphatic carbocycles. The van der Waals surface area contributed by atoms with Crippen molar-refractivity contribution in [3.05, 3.63) is 59.0 Å². The number of furan rings is 1. The van der Waals surface area contributed by atoms with E-state index >= 15 is 0 Å². The van der Waals surface area contributed by atoms with Gasteiger partial charge >= 0.3 is 0 Å². The van der Waals surface area contributed by atoms with Crippen molar-refractivity contribution in [2.75, 3.05) is 5.75 Å². The third-order valence-electron chi connectivity index (χ3n) is 3.44. The van der Waals surface area contributed by atoms with Crippen LogP contribution in [0.5, 0.6) is 0 Å². The predicted molar refractivity (Wildman–Crippen MR) is 94.4 cm³/mol.